The van der Waals surface area contributed by atoms with Crippen LogP contribution in [0.2, 0.25) is 0 Å². The van der Waals surface area contributed by atoms with Gasteiger partial charge in [-0.25, -0.2) is 0 Å². The van der Waals surface area contributed by atoms with E-state index in [9.17, 15) is 13.2 Å². The third-order valence-corrected chi connectivity index (χ3v) is 3.05. The molecule has 1 aromatic rings. The quantitative estimate of drug-likeness (QED) is 0.723. The lowest BCUT2D eigenvalue weighted by molar-refractivity contribution is -0.137. The molecule has 18 heavy (non-hydrogen) atoms. The molecule has 0 radical (unpaired) electrons. The predicted octanol–water partition coefficient (Wildman–Crippen LogP) is 5.32. The van der Waals surface area contributed by atoms with E-state index < -0.39 is 11.7 Å². The van der Waals surface area contributed by atoms with E-state index in [4.69, 9.17) is 0 Å². The molecule has 1 nitrogen and oxygen atoms in total. The van der Waals surface area contributed by atoms with Gasteiger partial charge in [-0.05, 0) is 37.0 Å². The number of anilines is 1. The number of hydrogen-bond acceptors (Lipinski definition) is 1. The van der Waals surface area contributed by atoms with Gasteiger partial charge in [-0.2, -0.15) is 13.2 Å². The Balaban J connectivity index is 2.70. The lowest BCUT2D eigenvalue weighted by atomic mass is 10.1. The molecular formula is C13H17BrF3N. The summed E-state index contributed by atoms with van der Waals surface area (Å²) in [7, 11) is 0. The molecule has 0 saturated carbocycles. The summed E-state index contributed by atoms with van der Waals surface area (Å²) in [6.07, 6.45) is -2.46. The number of alkyl halides is 3. The van der Waals surface area contributed by atoms with Crippen molar-refractivity contribution in [3.8, 4) is 0 Å². The van der Waals surface area contributed by atoms with Gasteiger partial charge in [0, 0.05) is 16.7 Å². The molecule has 102 valence electrons. The van der Waals surface area contributed by atoms with Crippen LogP contribution in [0.1, 0.15) is 32.3 Å². The van der Waals surface area contributed by atoms with Crippen molar-refractivity contribution >= 4 is 21.6 Å². The van der Waals surface area contributed by atoms with Crippen LogP contribution in [-0.4, -0.2) is 6.54 Å². The molecule has 0 atom stereocenters. The number of halogens is 4. The van der Waals surface area contributed by atoms with Gasteiger partial charge < -0.3 is 5.32 Å². The van der Waals surface area contributed by atoms with Gasteiger partial charge in [-0.3, -0.25) is 0 Å². The number of rotatable bonds is 5. The highest BCUT2D eigenvalue weighted by Crippen LogP contribution is 2.36. The second-order valence-corrected chi connectivity index (χ2v) is 5.57. The van der Waals surface area contributed by atoms with Gasteiger partial charge in [-0.1, -0.05) is 29.8 Å². The lowest BCUT2D eigenvalue weighted by Crippen LogP contribution is -2.12. The van der Waals surface area contributed by atoms with Crippen LogP contribution in [0.5, 0.6) is 0 Å². The zero-order valence-corrected chi connectivity index (χ0v) is 12.0. The average molecular weight is 324 g/mol. The Bertz CT molecular complexity index is 388. The van der Waals surface area contributed by atoms with E-state index in [0.717, 1.165) is 18.9 Å². The fraction of sp³-hybridized carbons (Fsp3) is 0.538. The van der Waals surface area contributed by atoms with Crippen LogP contribution >= 0.6 is 15.9 Å². The van der Waals surface area contributed by atoms with Crippen molar-refractivity contribution in [3.05, 3.63) is 28.2 Å². The predicted molar refractivity (Wildman–Crippen MR) is 71.7 cm³/mol. The van der Waals surface area contributed by atoms with Crippen LogP contribution in [0.4, 0.5) is 18.9 Å². The molecule has 1 aromatic carbocycles. The highest BCUT2D eigenvalue weighted by Gasteiger charge is 2.33. The maximum Gasteiger partial charge on any atom is 0.418 e. The maximum atomic E-state index is 12.8. The van der Waals surface area contributed by atoms with Crippen molar-refractivity contribution in [1.29, 1.82) is 0 Å². The van der Waals surface area contributed by atoms with Crippen LogP contribution < -0.4 is 5.32 Å². The van der Waals surface area contributed by atoms with Gasteiger partial charge in [-0.15, -0.1) is 0 Å². The second kappa shape index (κ2) is 6.45. The fourth-order valence-corrected chi connectivity index (χ4v) is 2.00. The first kappa shape index (κ1) is 15.3. The van der Waals surface area contributed by atoms with E-state index in [0.29, 0.717) is 16.9 Å². The first-order chi connectivity index (χ1) is 8.30. The first-order valence-corrected chi connectivity index (χ1v) is 6.70. The lowest BCUT2D eigenvalue weighted by Gasteiger charge is -2.15. The van der Waals surface area contributed by atoms with Gasteiger partial charge in [0.2, 0.25) is 0 Å². The van der Waals surface area contributed by atoms with Gasteiger partial charge in [0.25, 0.3) is 0 Å². The molecule has 1 rings (SSSR count). The average Bonchev–Trinajstić information content (AvgIpc) is 2.24. The summed E-state index contributed by atoms with van der Waals surface area (Å²) in [5.74, 6) is 0.568. The molecule has 0 saturated heterocycles. The van der Waals surface area contributed by atoms with E-state index in [-0.39, 0.29) is 5.69 Å². The SMILES string of the molecule is CC(C)CCCNc1ccc(Br)cc1C(F)(F)F. The fourth-order valence-electron chi connectivity index (χ4n) is 1.64. The Morgan fingerprint density at radius 3 is 2.50 bits per heavy atom. The Morgan fingerprint density at radius 1 is 1.28 bits per heavy atom. The Morgan fingerprint density at radius 2 is 1.94 bits per heavy atom. The maximum absolute atomic E-state index is 12.8. The normalized spacial score (nSPS) is 11.9. The van der Waals surface area contributed by atoms with Crippen molar-refractivity contribution in [2.75, 3.05) is 11.9 Å². The molecule has 0 unspecified atom stereocenters. The van der Waals surface area contributed by atoms with Crippen LogP contribution in [0.15, 0.2) is 22.7 Å². The third-order valence-electron chi connectivity index (χ3n) is 2.56. The Labute approximate surface area is 114 Å². The summed E-state index contributed by atoms with van der Waals surface area (Å²) in [6.45, 7) is 4.75. The summed E-state index contributed by atoms with van der Waals surface area (Å²) in [5.41, 5.74) is -0.476. The van der Waals surface area contributed by atoms with Crippen molar-refractivity contribution in [2.24, 2.45) is 5.92 Å². The molecule has 1 N–H and O–H groups in total. The zero-order valence-electron chi connectivity index (χ0n) is 10.4. The molecule has 0 aliphatic rings. The van der Waals surface area contributed by atoms with Gasteiger partial charge >= 0.3 is 6.18 Å². The molecule has 0 aliphatic carbocycles. The van der Waals surface area contributed by atoms with Gasteiger partial charge in [0.15, 0.2) is 0 Å². The number of nitrogens with one attached hydrogen (secondary N) is 1. The molecule has 0 spiro atoms. The summed E-state index contributed by atoms with van der Waals surface area (Å²) in [6, 6.07) is 4.17. The molecule has 5 heteroatoms. The largest absolute Gasteiger partial charge is 0.418 e. The van der Waals surface area contributed by atoms with E-state index in [1.54, 1.807) is 6.07 Å². The first-order valence-electron chi connectivity index (χ1n) is 5.91. The van der Waals surface area contributed by atoms with Crippen molar-refractivity contribution in [2.45, 2.75) is 32.9 Å². The number of benzene rings is 1. The molecule has 0 aromatic heterocycles. The van der Waals surface area contributed by atoms with Crippen molar-refractivity contribution in [3.63, 3.8) is 0 Å². The molecule has 0 bridgehead atoms. The van der Waals surface area contributed by atoms with E-state index >= 15 is 0 Å². The summed E-state index contributed by atoms with van der Waals surface area (Å²) in [4.78, 5) is 0. The topological polar surface area (TPSA) is 12.0 Å². The second-order valence-electron chi connectivity index (χ2n) is 4.65. The van der Waals surface area contributed by atoms with Crippen LogP contribution in [0.3, 0.4) is 0 Å². The molecule has 0 heterocycles. The zero-order chi connectivity index (χ0) is 13.8. The summed E-state index contributed by atoms with van der Waals surface area (Å²) < 4.78 is 38.8. The van der Waals surface area contributed by atoms with Crippen molar-refractivity contribution < 1.29 is 13.2 Å². The molecular weight excluding hydrogens is 307 g/mol. The summed E-state index contributed by atoms with van der Waals surface area (Å²) >= 11 is 3.06. The van der Waals surface area contributed by atoms with E-state index in [1.807, 2.05) is 0 Å². The third kappa shape index (κ3) is 4.88. The van der Waals surface area contributed by atoms with Gasteiger partial charge in [0.1, 0.15) is 0 Å². The van der Waals surface area contributed by atoms with Gasteiger partial charge in [0.05, 0.1) is 5.56 Å². The highest BCUT2D eigenvalue weighted by molar-refractivity contribution is 9.10. The van der Waals surface area contributed by atoms with Crippen LogP contribution in [0.25, 0.3) is 0 Å². The Kier molecular flexibility index (Phi) is 5.50. The van der Waals surface area contributed by atoms with Crippen LogP contribution in [0, 0.1) is 5.92 Å². The minimum absolute atomic E-state index is 0.148. The van der Waals surface area contributed by atoms with E-state index in [2.05, 4.69) is 35.1 Å². The summed E-state index contributed by atoms with van der Waals surface area (Å²) in [5, 5.41) is 2.86. The smallest absolute Gasteiger partial charge is 0.385 e. The minimum Gasteiger partial charge on any atom is -0.385 e. The number of hydrogen-bond donors (Lipinski definition) is 1. The van der Waals surface area contributed by atoms with Crippen LogP contribution in [-0.2, 0) is 6.18 Å². The molecule has 0 fully saturated rings. The van der Waals surface area contributed by atoms with E-state index in [1.165, 1.54) is 6.07 Å². The molecule has 0 aliphatic heterocycles. The monoisotopic (exact) mass is 323 g/mol. The Hall–Kier alpha value is -0.710. The minimum atomic E-state index is -4.33. The standard InChI is InChI=1S/C13H17BrF3N/c1-9(2)4-3-7-18-12-6-5-10(14)8-11(12)13(15,16)17/h5-6,8-9,18H,3-4,7H2,1-2H3. The highest BCUT2D eigenvalue weighted by atomic mass is 79.9. The van der Waals surface area contributed by atoms with Crippen molar-refractivity contribution in [1.82, 2.24) is 0 Å². The molecule has 0 amide bonds.